The van der Waals surface area contributed by atoms with Gasteiger partial charge in [-0.3, -0.25) is 0 Å². The molecule has 20 heavy (non-hydrogen) atoms. The number of carboxylic acids is 1. The number of anilines is 3. The van der Waals surface area contributed by atoms with E-state index >= 15 is 0 Å². The van der Waals surface area contributed by atoms with Crippen LogP contribution in [0.1, 0.15) is 15.9 Å². The molecule has 2 aromatic carbocycles. The number of nitrogen functional groups attached to an aromatic ring is 1. The minimum Gasteiger partial charge on any atom is -0.478 e. The van der Waals surface area contributed by atoms with Crippen molar-refractivity contribution in [1.29, 1.82) is 0 Å². The van der Waals surface area contributed by atoms with Crippen LogP contribution in [0.25, 0.3) is 0 Å². The standard InChI is InChI=1S/C14H12F2N2O2/c1-7-3-2-4-9(16)13(7)18-10-6-5-8(15)12(17)11(10)14(19)20/h2-6,18H,17H2,1H3,(H,19,20). The largest absolute Gasteiger partial charge is 0.478 e. The van der Waals surface area contributed by atoms with Gasteiger partial charge in [-0.25, -0.2) is 13.6 Å². The first kappa shape index (κ1) is 13.8. The van der Waals surface area contributed by atoms with Gasteiger partial charge in [0.15, 0.2) is 0 Å². The predicted molar refractivity (Wildman–Crippen MR) is 72.2 cm³/mol. The van der Waals surface area contributed by atoms with Gasteiger partial charge in [-0.2, -0.15) is 0 Å². The van der Waals surface area contributed by atoms with Crippen LogP contribution in [0.5, 0.6) is 0 Å². The van der Waals surface area contributed by atoms with E-state index in [1.165, 1.54) is 18.2 Å². The van der Waals surface area contributed by atoms with Crippen molar-refractivity contribution >= 4 is 23.0 Å². The number of aryl methyl sites for hydroxylation is 1. The zero-order valence-corrected chi connectivity index (χ0v) is 10.6. The zero-order valence-electron chi connectivity index (χ0n) is 10.6. The molecule has 0 saturated heterocycles. The highest BCUT2D eigenvalue weighted by Crippen LogP contribution is 2.30. The summed E-state index contributed by atoms with van der Waals surface area (Å²) in [5.74, 6) is -2.76. The van der Waals surface area contributed by atoms with Gasteiger partial charge in [0.2, 0.25) is 0 Å². The molecular weight excluding hydrogens is 266 g/mol. The monoisotopic (exact) mass is 278 g/mol. The molecule has 0 amide bonds. The number of para-hydroxylation sites is 1. The lowest BCUT2D eigenvalue weighted by Crippen LogP contribution is -2.09. The number of nitrogens with two attached hydrogens (primary N) is 1. The lowest BCUT2D eigenvalue weighted by atomic mass is 10.1. The summed E-state index contributed by atoms with van der Waals surface area (Å²) >= 11 is 0. The van der Waals surface area contributed by atoms with E-state index in [1.54, 1.807) is 13.0 Å². The Bertz CT molecular complexity index is 667. The van der Waals surface area contributed by atoms with E-state index in [-0.39, 0.29) is 11.4 Å². The first-order chi connectivity index (χ1) is 9.41. The van der Waals surface area contributed by atoms with E-state index in [0.717, 1.165) is 6.07 Å². The summed E-state index contributed by atoms with van der Waals surface area (Å²) in [5.41, 5.74) is 5.26. The third kappa shape index (κ3) is 2.40. The summed E-state index contributed by atoms with van der Waals surface area (Å²) in [7, 11) is 0. The van der Waals surface area contributed by atoms with E-state index in [2.05, 4.69) is 5.32 Å². The van der Waals surface area contributed by atoms with Crippen molar-refractivity contribution in [2.75, 3.05) is 11.1 Å². The molecule has 104 valence electrons. The van der Waals surface area contributed by atoms with E-state index in [1.807, 2.05) is 0 Å². The number of carbonyl (C=O) groups is 1. The number of carboxylic acid groups (broad SMARTS) is 1. The van der Waals surface area contributed by atoms with Gasteiger partial charge in [0.1, 0.15) is 17.2 Å². The van der Waals surface area contributed by atoms with E-state index in [4.69, 9.17) is 10.8 Å². The molecule has 0 aliphatic heterocycles. The molecule has 0 atom stereocenters. The molecule has 0 unspecified atom stereocenters. The molecule has 4 nitrogen and oxygen atoms in total. The fraction of sp³-hybridized carbons (Fsp3) is 0.0714. The van der Waals surface area contributed by atoms with Crippen LogP contribution >= 0.6 is 0 Å². The molecule has 0 spiro atoms. The maximum absolute atomic E-state index is 13.7. The van der Waals surface area contributed by atoms with Crippen LogP contribution < -0.4 is 11.1 Å². The summed E-state index contributed by atoms with van der Waals surface area (Å²) in [4.78, 5) is 11.2. The van der Waals surface area contributed by atoms with Crippen LogP contribution in [-0.4, -0.2) is 11.1 Å². The lowest BCUT2D eigenvalue weighted by Gasteiger charge is -2.14. The normalized spacial score (nSPS) is 10.3. The number of aromatic carboxylic acids is 1. The van der Waals surface area contributed by atoms with Crippen molar-refractivity contribution in [3.05, 3.63) is 53.1 Å². The van der Waals surface area contributed by atoms with Crippen molar-refractivity contribution < 1.29 is 18.7 Å². The minimum atomic E-state index is -1.39. The van der Waals surface area contributed by atoms with Gasteiger partial charge in [-0.15, -0.1) is 0 Å². The molecule has 0 aliphatic carbocycles. The second-order valence-electron chi connectivity index (χ2n) is 4.25. The highest BCUT2D eigenvalue weighted by molar-refractivity contribution is 6.00. The number of nitrogens with one attached hydrogen (secondary N) is 1. The Morgan fingerprint density at radius 3 is 2.50 bits per heavy atom. The smallest absolute Gasteiger partial charge is 0.340 e. The van der Waals surface area contributed by atoms with Gasteiger partial charge in [0.25, 0.3) is 0 Å². The van der Waals surface area contributed by atoms with Crippen molar-refractivity contribution in [2.45, 2.75) is 6.92 Å². The van der Waals surface area contributed by atoms with Crippen molar-refractivity contribution in [3.63, 3.8) is 0 Å². The third-order valence-corrected chi connectivity index (χ3v) is 2.89. The molecule has 0 saturated carbocycles. The first-order valence-electron chi connectivity index (χ1n) is 5.75. The van der Waals surface area contributed by atoms with Gasteiger partial charge in [0.05, 0.1) is 17.1 Å². The first-order valence-corrected chi connectivity index (χ1v) is 5.75. The molecule has 0 heterocycles. The minimum absolute atomic E-state index is 0.0320. The summed E-state index contributed by atoms with van der Waals surface area (Å²) < 4.78 is 27.1. The number of benzene rings is 2. The maximum Gasteiger partial charge on any atom is 0.340 e. The molecule has 0 aromatic heterocycles. The van der Waals surface area contributed by atoms with Gasteiger partial charge in [-0.05, 0) is 30.7 Å². The van der Waals surface area contributed by atoms with Crippen molar-refractivity contribution in [3.8, 4) is 0 Å². The van der Waals surface area contributed by atoms with Gasteiger partial charge >= 0.3 is 5.97 Å². The Hall–Kier alpha value is -2.63. The number of hydrogen-bond donors (Lipinski definition) is 3. The third-order valence-electron chi connectivity index (χ3n) is 2.89. The van der Waals surface area contributed by atoms with Crippen molar-refractivity contribution in [1.82, 2.24) is 0 Å². The molecule has 0 bridgehead atoms. The summed E-state index contributed by atoms with van der Waals surface area (Å²) in [6.45, 7) is 1.67. The van der Waals surface area contributed by atoms with Crippen LogP contribution in [0, 0.1) is 18.6 Å². The average Bonchev–Trinajstić information content (AvgIpc) is 2.37. The van der Waals surface area contributed by atoms with Crippen LogP contribution in [0.15, 0.2) is 30.3 Å². The highest BCUT2D eigenvalue weighted by Gasteiger charge is 2.18. The second kappa shape index (κ2) is 5.16. The van der Waals surface area contributed by atoms with Gasteiger partial charge in [-0.1, -0.05) is 12.1 Å². The molecule has 2 rings (SSSR count). The SMILES string of the molecule is Cc1cccc(F)c1Nc1ccc(F)c(N)c1C(=O)O. The van der Waals surface area contributed by atoms with Gasteiger partial charge in [0, 0.05) is 0 Å². The fourth-order valence-corrected chi connectivity index (χ4v) is 1.85. The van der Waals surface area contributed by atoms with Crippen LogP contribution in [-0.2, 0) is 0 Å². The predicted octanol–water partition coefficient (Wildman–Crippen LogP) is 3.30. The number of halogens is 2. The van der Waals surface area contributed by atoms with Crippen LogP contribution in [0.3, 0.4) is 0 Å². The zero-order chi connectivity index (χ0) is 14.9. The topological polar surface area (TPSA) is 75.3 Å². The molecular formula is C14H12F2N2O2. The van der Waals surface area contributed by atoms with Crippen molar-refractivity contribution in [2.24, 2.45) is 0 Å². The Kier molecular flexibility index (Phi) is 3.56. The molecule has 0 aliphatic rings. The Labute approximate surface area is 113 Å². The average molecular weight is 278 g/mol. The quantitative estimate of drug-likeness (QED) is 0.753. The Morgan fingerprint density at radius 2 is 1.90 bits per heavy atom. The van der Waals surface area contributed by atoms with E-state index < -0.39 is 28.9 Å². The Morgan fingerprint density at radius 1 is 1.20 bits per heavy atom. The lowest BCUT2D eigenvalue weighted by molar-refractivity contribution is 0.0698. The molecule has 0 fully saturated rings. The van der Waals surface area contributed by atoms with E-state index in [0.29, 0.717) is 5.56 Å². The molecule has 6 heteroatoms. The van der Waals surface area contributed by atoms with E-state index in [9.17, 15) is 13.6 Å². The van der Waals surface area contributed by atoms with Crippen LogP contribution in [0.2, 0.25) is 0 Å². The molecule has 4 N–H and O–H groups in total. The molecule has 0 radical (unpaired) electrons. The van der Waals surface area contributed by atoms with Crippen LogP contribution in [0.4, 0.5) is 25.8 Å². The number of hydrogen-bond acceptors (Lipinski definition) is 3. The second-order valence-corrected chi connectivity index (χ2v) is 4.25. The fourth-order valence-electron chi connectivity index (χ4n) is 1.85. The summed E-state index contributed by atoms with van der Waals surface area (Å²) in [6.07, 6.45) is 0. The Balaban J connectivity index is 2.55. The summed E-state index contributed by atoms with van der Waals surface area (Å²) in [6, 6.07) is 6.68. The molecule has 2 aromatic rings. The summed E-state index contributed by atoms with van der Waals surface area (Å²) in [5, 5.41) is 11.8. The highest BCUT2D eigenvalue weighted by atomic mass is 19.1. The number of rotatable bonds is 3. The maximum atomic E-state index is 13.7. The van der Waals surface area contributed by atoms with Gasteiger partial charge < -0.3 is 16.2 Å².